The molecule has 2 aliphatic rings. The fourth-order valence-electron chi connectivity index (χ4n) is 6.19. The van der Waals surface area contributed by atoms with E-state index >= 15 is 0 Å². The summed E-state index contributed by atoms with van der Waals surface area (Å²) >= 11 is 0. The highest BCUT2D eigenvalue weighted by molar-refractivity contribution is 5.91. The zero-order valence-electron chi connectivity index (χ0n) is 22.6. The molecule has 2 amide bonds. The molecule has 1 saturated heterocycles. The van der Waals surface area contributed by atoms with Crippen molar-refractivity contribution in [3.63, 3.8) is 0 Å². The van der Waals surface area contributed by atoms with Gasteiger partial charge in [0.15, 0.2) is 0 Å². The Labute approximate surface area is 225 Å². The van der Waals surface area contributed by atoms with E-state index in [9.17, 15) is 19.5 Å². The average molecular weight is 520 g/mol. The summed E-state index contributed by atoms with van der Waals surface area (Å²) in [6.07, 6.45) is 5.59. The highest BCUT2D eigenvalue weighted by Gasteiger charge is 2.46. The molecule has 7 nitrogen and oxygen atoms in total. The van der Waals surface area contributed by atoms with Gasteiger partial charge in [0.25, 0.3) is 0 Å². The van der Waals surface area contributed by atoms with Crippen LogP contribution in [0.3, 0.4) is 0 Å². The van der Waals surface area contributed by atoms with Gasteiger partial charge >= 0.3 is 5.97 Å². The second-order valence-corrected chi connectivity index (χ2v) is 11.7. The lowest BCUT2D eigenvalue weighted by Gasteiger charge is -2.41. The summed E-state index contributed by atoms with van der Waals surface area (Å²) in [6, 6.07) is 18.0. The van der Waals surface area contributed by atoms with Crippen molar-refractivity contribution in [3.8, 4) is 0 Å². The Morgan fingerprint density at radius 3 is 2.39 bits per heavy atom. The molecule has 7 heteroatoms. The smallest absolute Gasteiger partial charge is 0.303 e. The number of amides is 2. The summed E-state index contributed by atoms with van der Waals surface area (Å²) in [5.41, 5.74) is 8.74. The maximum absolute atomic E-state index is 13.7. The molecule has 1 heterocycles. The van der Waals surface area contributed by atoms with E-state index in [1.165, 1.54) is 16.7 Å². The zero-order chi connectivity index (χ0) is 27.3. The van der Waals surface area contributed by atoms with Crippen LogP contribution in [0, 0.1) is 0 Å². The van der Waals surface area contributed by atoms with Crippen molar-refractivity contribution in [2.45, 2.75) is 88.1 Å². The van der Waals surface area contributed by atoms with E-state index in [2.05, 4.69) is 35.6 Å². The average Bonchev–Trinajstić information content (AvgIpc) is 3.20. The summed E-state index contributed by atoms with van der Waals surface area (Å²) in [4.78, 5) is 39.6. The van der Waals surface area contributed by atoms with E-state index in [0.717, 1.165) is 32.1 Å². The van der Waals surface area contributed by atoms with Crippen LogP contribution in [-0.4, -0.2) is 52.5 Å². The van der Waals surface area contributed by atoms with Crippen molar-refractivity contribution < 1.29 is 19.5 Å². The van der Waals surface area contributed by atoms with Gasteiger partial charge in [-0.2, -0.15) is 0 Å². The molecule has 4 N–H and O–H groups in total. The highest BCUT2D eigenvalue weighted by atomic mass is 16.4. The Balaban J connectivity index is 1.43. The molecular weight excluding hydrogens is 478 g/mol. The van der Waals surface area contributed by atoms with E-state index in [0.29, 0.717) is 25.9 Å². The molecule has 1 aliphatic heterocycles. The second kappa shape index (κ2) is 11.7. The standard InChI is InChI=1S/C31H41N3O4/c1-30(2,32)29(38)33-26(14-8-11-22-9-4-3-5-10-22)28(37)34-19-17-31(18-20-34)21-23(15-16-27(35)36)24-12-6-7-13-25(24)31/h3-7,9-10,12-13,23,26H,8,11,14-21,32H2,1-2H3,(H,33,38)(H,35,36). The van der Waals surface area contributed by atoms with Crippen molar-refractivity contribution in [2.75, 3.05) is 13.1 Å². The number of aryl methyl sites for hydroxylation is 1. The van der Waals surface area contributed by atoms with Gasteiger partial charge < -0.3 is 21.1 Å². The monoisotopic (exact) mass is 519 g/mol. The summed E-state index contributed by atoms with van der Waals surface area (Å²) in [5.74, 6) is -0.888. The fraction of sp³-hybridized carbons (Fsp3) is 0.516. The molecule has 2 atom stereocenters. The third-order valence-corrected chi connectivity index (χ3v) is 8.34. The van der Waals surface area contributed by atoms with Crippen LogP contribution >= 0.6 is 0 Å². The summed E-state index contributed by atoms with van der Waals surface area (Å²) in [7, 11) is 0. The molecule has 4 rings (SSSR count). The van der Waals surface area contributed by atoms with E-state index in [1.807, 2.05) is 29.2 Å². The molecule has 1 spiro atoms. The number of rotatable bonds is 10. The first-order valence-corrected chi connectivity index (χ1v) is 13.8. The number of benzene rings is 2. The second-order valence-electron chi connectivity index (χ2n) is 11.7. The van der Waals surface area contributed by atoms with Crippen LogP contribution < -0.4 is 11.1 Å². The van der Waals surface area contributed by atoms with Crippen LogP contribution in [-0.2, 0) is 26.2 Å². The van der Waals surface area contributed by atoms with Gasteiger partial charge in [-0.25, -0.2) is 0 Å². The van der Waals surface area contributed by atoms with Crippen LogP contribution in [0.15, 0.2) is 54.6 Å². The maximum atomic E-state index is 13.7. The Morgan fingerprint density at radius 2 is 1.74 bits per heavy atom. The number of hydrogen-bond donors (Lipinski definition) is 3. The fourth-order valence-corrected chi connectivity index (χ4v) is 6.19. The van der Waals surface area contributed by atoms with Gasteiger partial charge in [0, 0.05) is 19.5 Å². The number of aliphatic carboxylic acids is 1. The lowest BCUT2D eigenvalue weighted by atomic mass is 9.73. The minimum Gasteiger partial charge on any atom is -0.481 e. The molecule has 0 bridgehead atoms. The number of likely N-dealkylation sites (tertiary alicyclic amines) is 1. The Morgan fingerprint density at radius 1 is 1.08 bits per heavy atom. The molecule has 2 unspecified atom stereocenters. The summed E-state index contributed by atoms with van der Waals surface area (Å²) in [6.45, 7) is 4.54. The third-order valence-electron chi connectivity index (χ3n) is 8.34. The third kappa shape index (κ3) is 6.44. The molecule has 0 aromatic heterocycles. The number of carboxylic acid groups (broad SMARTS) is 1. The van der Waals surface area contributed by atoms with Gasteiger partial charge in [-0.15, -0.1) is 0 Å². The highest BCUT2D eigenvalue weighted by Crippen LogP contribution is 2.53. The first kappa shape index (κ1) is 27.8. The molecular formula is C31H41N3O4. The number of nitrogens with one attached hydrogen (secondary N) is 1. The van der Waals surface area contributed by atoms with Crippen molar-refractivity contribution in [1.82, 2.24) is 10.2 Å². The van der Waals surface area contributed by atoms with Gasteiger partial charge in [-0.1, -0.05) is 54.6 Å². The lowest BCUT2D eigenvalue weighted by molar-refractivity contribution is -0.139. The quantitative estimate of drug-likeness (QED) is 0.437. The molecule has 1 aliphatic carbocycles. The zero-order valence-corrected chi connectivity index (χ0v) is 22.6. The first-order valence-electron chi connectivity index (χ1n) is 13.8. The van der Waals surface area contributed by atoms with Crippen molar-refractivity contribution in [3.05, 3.63) is 71.3 Å². The first-order chi connectivity index (χ1) is 18.1. The molecule has 0 radical (unpaired) electrons. The Bertz CT molecular complexity index is 1130. The molecule has 2 aromatic rings. The predicted molar refractivity (Wildman–Crippen MR) is 148 cm³/mol. The van der Waals surface area contributed by atoms with Crippen LogP contribution in [0.25, 0.3) is 0 Å². The Hall–Kier alpha value is -3.19. The number of nitrogens with zero attached hydrogens (tertiary/aromatic N) is 1. The van der Waals surface area contributed by atoms with Crippen molar-refractivity contribution >= 4 is 17.8 Å². The lowest BCUT2D eigenvalue weighted by Crippen LogP contribution is -2.57. The number of carboxylic acids is 1. The molecule has 1 fully saturated rings. The molecule has 0 saturated carbocycles. The van der Waals surface area contributed by atoms with E-state index < -0.39 is 17.6 Å². The van der Waals surface area contributed by atoms with Crippen LogP contribution in [0.2, 0.25) is 0 Å². The predicted octanol–water partition coefficient (Wildman–Crippen LogP) is 4.14. The molecule has 2 aromatic carbocycles. The van der Waals surface area contributed by atoms with Crippen LogP contribution in [0.1, 0.15) is 81.4 Å². The number of carbonyl (C=O) groups excluding carboxylic acids is 2. The minimum atomic E-state index is -1.07. The van der Waals surface area contributed by atoms with Crippen molar-refractivity contribution in [1.29, 1.82) is 0 Å². The maximum Gasteiger partial charge on any atom is 0.303 e. The summed E-state index contributed by atoms with van der Waals surface area (Å²) in [5, 5.41) is 12.2. The van der Waals surface area contributed by atoms with Crippen molar-refractivity contribution in [2.24, 2.45) is 5.73 Å². The van der Waals surface area contributed by atoms with E-state index in [4.69, 9.17) is 5.73 Å². The Kier molecular flexibility index (Phi) is 8.56. The number of nitrogens with two attached hydrogens (primary N) is 1. The molecule has 204 valence electrons. The number of carbonyl (C=O) groups is 3. The molecule has 38 heavy (non-hydrogen) atoms. The van der Waals surface area contributed by atoms with E-state index in [-0.39, 0.29) is 29.6 Å². The van der Waals surface area contributed by atoms with Crippen LogP contribution in [0.4, 0.5) is 0 Å². The topological polar surface area (TPSA) is 113 Å². The minimum absolute atomic E-state index is 0.0259. The van der Waals surface area contributed by atoms with Gasteiger partial charge in [0.1, 0.15) is 6.04 Å². The number of fused-ring (bicyclic) bond motifs is 2. The number of piperidine rings is 1. The normalized spacial score (nSPS) is 19.1. The van der Waals surface area contributed by atoms with E-state index in [1.54, 1.807) is 13.8 Å². The largest absolute Gasteiger partial charge is 0.481 e. The van der Waals surface area contributed by atoms with Crippen LogP contribution in [0.5, 0.6) is 0 Å². The van der Waals surface area contributed by atoms with Gasteiger partial charge in [-0.3, -0.25) is 14.4 Å². The SMILES string of the molecule is CC(C)(N)C(=O)NC(CCCc1ccccc1)C(=O)N1CCC2(CC1)CC(CCC(=O)O)c1ccccc12. The van der Waals surface area contributed by atoms with Gasteiger partial charge in [-0.05, 0) is 86.8 Å². The summed E-state index contributed by atoms with van der Waals surface area (Å²) < 4.78 is 0. The van der Waals surface area contributed by atoms with Gasteiger partial charge in [0.05, 0.1) is 5.54 Å². The number of hydrogen-bond acceptors (Lipinski definition) is 4. The van der Waals surface area contributed by atoms with Gasteiger partial charge in [0.2, 0.25) is 11.8 Å².